The lowest BCUT2D eigenvalue weighted by Crippen LogP contribution is -2.27. The molecule has 2 aromatic heterocycles. The summed E-state index contributed by atoms with van der Waals surface area (Å²) >= 11 is 1.51. The van der Waals surface area contributed by atoms with E-state index in [1.54, 1.807) is 6.20 Å². The first-order chi connectivity index (χ1) is 8.72. The Labute approximate surface area is 108 Å². The van der Waals surface area contributed by atoms with Crippen LogP contribution in [0, 0.1) is 6.92 Å². The van der Waals surface area contributed by atoms with Gasteiger partial charge in [-0.1, -0.05) is 0 Å². The molecule has 18 heavy (non-hydrogen) atoms. The number of ether oxygens (including phenoxy) is 1. The van der Waals surface area contributed by atoms with Crippen LogP contribution in [0.3, 0.4) is 0 Å². The molecule has 2 N–H and O–H groups in total. The number of imidazole rings is 1. The van der Waals surface area contributed by atoms with E-state index in [0.717, 1.165) is 10.7 Å². The number of aromatic nitrogens is 2. The number of aryl methyl sites for hydroxylation is 1. The van der Waals surface area contributed by atoms with E-state index in [-0.39, 0.29) is 19.1 Å². The summed E-state index contributed by atoms with van der Waals surface area (Å²) in [5.41, 5.74) is 1.47. The number of amides is 1. The van der Waals surface area contributed by atoms with E-state index in [1.807, 2.05) is 16.7 Å². The van der Waals surface area contributed by atoms with Crippen LogP contribution < -0.4 is 5.32 Å². The summed E-state index contributed by atoms with van der Waals surface area (Å²) in [7, 11) is 0. The Hall–Kier alpha value is -1.44. The molecule has 2 aromatic rings. The first-order valence-electron chi connectivity index (χ1n) is 5.62. The van der Waals surface area contributed by atoms with Crippen molar-refractivity contribution in [2.75, 3.05) is 26.4 Å². The van der Waals surface area contributed by atoms with Gasteiger partial charge in [0.25, 0.3) is 5.91 Å². The van der Waals surface area contributed by atoms with Crippen molar-refractivity contribution >= 4 is 22.2 Å². The molecule has 0 radical (unpaired) electrons. The molecule has 0 aliphatic carbocycles. The summed E-state index contributed by atoms with van der Waals surface area (Å²) in [5, 5.41) is 13.2. The lowest BCUT2D eigenvalue weighted by Gasteiger charge is -2.03. The summed E-state index contributed by atoms with van der Waals surface area (Å²) in [6.07, 6.45) is 1.73. The maximum absolute atomic E-state index is 11.8. The molecule has 0 saturated carbocycles. The second-order valence-corrected chi connectivity index (χ2v) is 4.58. The van der Waals surface area contributed by atoms with E-state index in [1.165, 1.54) is 11.3 Å². The van der Waals surface area contributed by atoms with Gasteiger partial charge < -0.3 is 15.2 Å². The zero-order valence-corrected chi connectivity index (χ0v) is 10.9. The number of aliphatic hydroxyl groups is 1. The number of fused-ring (bicyclic) bond motifs is 1. The van der Waals surface area contributed by atoms with Crippen molar-refractivity contribution in [3.8, 4) is 0 Å². The first kappa shape index (κ1) is 13.0. The van der Waals surface area contributed by atoms with Crippen LogP contribution in [0.4, 0.5) is 0 Å². The van der Waals surface area contributed by atoms with E-state index in [2.05, 4.69) is 10.3 Å². The number of nitrogens with zero attached hydrogens (tertiary/aromatic N) is 2. The van der Waals surface area contributed by atoms with Crippen molar-refractivity contribution in [3.05, 3.63) is 23.0 Å². The van der Waals surface area contributed by atoms with Crippen LogP contribution >= 0.6 is 11.3 Å². The van der Waals surface area contributed by atoms with Gasteiger partial charge in [0.15, 0.2) is 4.96 Å². The van der Waals surface area contributed by atoms with Gasteiger partial charge in [-0.3, -0.25) is 9.20 Å². The van der Waals surface area contributed by atoms with Gasteiger partial charge in [-0.2, -0.15) is 0 Å². The van der Waals surface area contributed by atoms with Crippen LogP contribution in [-0.4, -0.2) is 46.8 Å². The highest BCUT2D eigenvalue weighted by Crippen LogP contribution is 2.15. The van der Waals surface area contributed by atoms with Crippen LogP contribution in [0.2, 0.25) is 0 Å². The van der Waals surface area contributed by atoms with E-state index < -0.39 is 0 Å². The number of aliphatic hydroxyl groups excluding tert-OH is 1. The number of nitrogens with one attached hydrogen (secondary N) is 1. The van der Waals surface area contributed by atoms with E-state index >= 15 is 0 Å². The summed E-state index contributed by atoms with van der Waals surface area (Å²) in [6, 6.07) is 0. The monoisotopic (exact) mass is 269 g/mol. The van der Waals surface area contributed by atoms with Crippen molar-refractivity contribution in [1.82, 2.24) is 14.7 Å². The van der Waals surface area contributed by atoms with Gasteiger partial charge in [-0.25, -0.2) is 4.98 Å². The van der Waals surface area contributed by atoms with Crippen molar-refractivity contribution in [2.24, 2.45) is 0 Å². The number of hydrogen-bond donors (Lipinski definition) is 2. The third kappa shape index (κ3) is 2.87. The fraction of sp³-hybridized carbons (Fsp3) is 0.455. The second-order valence-electron chi connectivity index (χ2n) is 3.75. The SMILES string of the molecule is Cc1csc2nc(C(=O)NCCOCCO)cn12. The Balaban J connectivity index is 1.88. The highest BCUT2D eigenvalue weighted by atomic mass is 32.1. The molecule has 0 aliphatic rings. The summed E-state index contributed by atoms with van der Waals surface area (Å²) in [4.78, 5) is 16.8. The number of carbonyl (C=O) groups excluding carboxylic acids is 1. The molecule has 7 heteroatoms. The maximum Gasteiger partial charge on any atom is 0.271 e. The molecule has 0 saturated heterocycles. The smallest absolute Gasteiger partial charge is 0.271 e. The topological polar surface area (TPSA) is 75.9 Å². The average Bonchev–Trinajstić information content (AvgIpc) is 2.92. The van der Waals surface area contributed by atoms with Gasteiger partial charge in [0.1, 0.15) is 5.69 Å². The molecule has 0 aliphatic heterocycles. The third-order valence-electron chi connectivity index (χ3n) is 2.39. The maximum atomic E-state index is 11.8. The van der Waals surface area contributed by atoms with Crippen LogP contribution in [0.1, 0.15) is 16.2 Å². The van der Waals surface area contributed by atoms with E-state index in [9.17, 15) is 4.79 Å². The fourth-order valence-corrected chi connectivity index (χ4v) is 2.35. The predicted octanol–water partition coefficient (Wildman–Crippen LogP) is 0.443. The number of rotatable bonds is 6. The highest BCUT2D eigenvalue weighted by molar-refractivity contribution is 7.15. The normalized spacial score (nSPS) is 11.0. The minimum Gasteiger partial charge on any atom is -0.394 e. The number of thiazole rings is 1. The molecule has 0 unspecified atom stereocenters. The molecule has 0 fully saturated rings. The van der Waals surface area contributed by atoms with E-state index in [4.69, 9.17) is 9.84 Å². The van der Waals surface area contributed by atoms with Crippen LogP contribution in [-0.2, 0) is 4.74 Å². The lowest BCUT2D eigenvalue weighted by atomic mass is 10.4. The standard InChI is InChI=1S/C11H15N3O3S/c1-8-7-18-11-13-9(6-14(8)11)10(16)12-2-4-17-5-3-15/h6-7,15H,2-5H2,1H3,(H,12,16). The molecule has 0 spiro atoms. The summed E-state index contributed by atoms with van der Waals surface area (Å²) in [5.74, 6) is -0.210. The number of carbonyl (C=O) groups is 1. The zero-order valence-electron chi connectivity index (χ0n) is 10.0. The van der Waals surface area contributed by atoms with Crippen LogP contribution in [0.5, 0.6) is 0 Å². The molecule has 2 heterocycles. The van der Waals surface area contributed by atoms with Crippen molar-refractivity contribution in [3.63, 3.8) is 0 Å². The predicted molar refractivity (Wildman–Crippen MR) is 68.0 cm³/mol. The van der Waals surface area contributed by atoms with Gasteiger partial charge >= 0.3 is 0 Å². The van der Waals surface area contributed by atoms with Gasteiger partial charge in [-0.05, 0) is 6.92 Å². The average molecular weight is 269 g/mol. The molecule has 0 aromatic carbocycles. The molecule has 1 amide bonds. The van der Waals surface area contributed by atoms with Crippen molar-refractivity contribution in [2.45, 2.75) is 6.92 Å². The van der Waals surface area contributed by atoms with Gasteiger partial charge in [0, 0.05) is 23.8 Å². The molecule has 2 rings (SSSR count). The first-order valence-corrected chi connectivity index (χ1v) is 6.50. The minimum absolute atomic E-state index is 0.00938. The van der Waals surface area contributed by atoms with Crippen LogP contribution in [0.15, 0.2) is 11.6 Å². The fourth-order valence-electron chi connectivity index (χ4n) is 1.50. The Bertz CT molecular complexity index is 535. The highest BCUT2D eigenvalue weighted by Gasteiger charge is 2.11. The Morgan fingerprint density at radius 1 is 1.61 bits per heavy atom. The van der Waals surface area contributed by atoms with Crippen molar-refractivity contribution < 1.29 is 14.6 Å². The van der Waals surface area contributed by atoms with E-state index in [0.29, 0.717) is 18.8 Å². The molecule has 0 atom stereocenters. The minimum atomic E-state index is -0.210. The third-order valence-corrected chi connectivity index (χ3v) is 3.35. The Morgan fingerprint density at radius 2 is 2.44 bits per heavy atom. The van der Waals surface area contributed by atoms with Gasteiger partial charge in [0.2, 0.25) is 0 Å². The Kier molecular flexibility index (Phi) is 4.29. The molecule has 98 valence electrons. The Morgan fingerprint density at radius 3 is 3.17 bits per heavy atom. The van der Waals surface area contributed by atoms with Gasteiger partial charge in [0.05, 0.1) is 19.8 Å². The largest absolute Gasteiger partial charge is 0.394 e. The van der Waals surface area contributed by atoms with Gasteiger partial charge in [-0.15, -0.1) is 11.3 Å². The number of hydrogen-bond acceptors (Lipinski definition) is 5. The molecule has 6 nitrogen and oxygen atoms in total. The lowest BCUT2D eigenvalue weighted by molar-refractivity contribution is 0.0835. The van der Waals surface area contributed by atoms with Crippen LogP contribution in [0.25, 0.3) is 4.96 Å². The summed E-state index contributed by atoms with van der Waals surface area (Å²) in [6.45, 7) is 3.03. The zero-order chi connectivity index (χ0) is 13.0. The second kappa shape index (κ2) is 5.94. The molecular formula is C11H15N3O3S. The molecular weight excluding hydrogens is 254 g/mol. The van der Waals surface area contributed by atoms with Crippen molar-refractivity contribution in [1.29, 1.82) is 0 Å². The molecule has 0 bridgehead atoms. The summed E-state index contributed by atoms with van der Waals surface area (Å²) < 4.78 is 6.93. The quantitative estimate of drug-likeness (QED) is 0.746.